The lowest BCUT2D eigenvalue weighted by atomic mass is 10.3. The van der Waals surface area contributed by atoms with Crippen LogP contribution in [0.3, 0.4) is 0 Å². The Bertz CT molecular complexity index is 511. The second-order valence-corrected chi connectivity index (χ2v) is 5.55. The number of nitrogens with two attached hydrogens (primary N) is 1. The van der Waals surface area contributed by atoms with Crippen molar-refractivity contribution < 1.29 is 0 Å². The minimum atomic E-state index is 0.507. The number of benzene rings is 1. The topological polar surface area (TPSA) is 50.9 Å². The van der Waals surface area contributed by atoms with Gasteiger partial charge < -0.3 is 11.1 Å². The van der Waals surface area contributed by atoms with Crippen molar-refractivity contribution in [3.8, 4) is 0 Å². The van der Waals surface area contributed by atoms with Crippen LogP contribution in [0.4, 0.5) is 17.2 Å². The van der Waals surface area contributed by atoms with E-state index < -0.39 is 0 Å². The first-order chi connectivity index (χ1) is 8.06. The molecular weight excluding hydrogens is 369 g/mol. The summed E-state index contributed by atoms with van der Waals surface area (Å²) in [6.07, 6.45) is 1.55. The summed E-state index contributed by atoms with van der Waals surface area (Å²) >= 11 is 12.6. The molecule has 0 spiro atoms. The largest absolute Gasteiger partial charge is 0.396 e. The summed E-state index contributed by atoms with van der Waals surface area (Å²) in [5, 5.41) is 3.65. The van der Waals surface area contributed by atoms with Crippen LogP contribution in [-0.2, 0) is 0 Å². The Labute approximate surface area is 121 Å². The molecule has 17 heavy (non-hydrogen) atoms. The van der Waals surface area contributed by atoms with Gasteiger partial charge in [0.15, 0.2) is 5.82 Å². The number of nitrogens with one attached hydrogen (secondary N) is 1. The summed E-state index contributed by atoms with van der Waals surface area (Å²) in [5.41, 5.74) is 7.21. The van der Waals surface area contributed by atoms with E-state index in [1.54, 1.807) is 12.3 Å². The third-order valence-electron chi connectivity index (χ3n) is 2.07. The second-order valence-electron chi connectivity index (χ2n) is 3.34. The smallest absolute Gasteiger partial charge is 0.153 e. The summed E-state index contributed by atoms with van der Waals surface area (Å²) in [7, 11) is 0. The van der Waals surface area contributed by atoms with Gasteiger partial charge in [0.05, 0.1) is 16.4 Å². The fourth-order valence-corrected chi connectivity index (χ4v) is 2.59. The van der Waals surface area contributed by atoms with Crippen molar-refractivity contribution >= 4 is 60.7 Å². The van der Waals surface area contributed by atoms with E-state index in [1.165, 1.54) is 0 Å². The minimum absolute atomic E-state index is 0.507. The molecule has 0 unspecified atom stereocenters. The number of anilines is 3. The molecule has 0 fully saturated rings. The zero-order chi connectivity index (χ0) is 12.4. The van der Waals surface area contributed by atoms with Gasteiger partial charge in [-0.3, -0.25) is 0 Å². The first kappa shape index (κ1) is 12.7. The van der Waals surface area contributed by atoms with Crippen LogP contribution >= 0.6 is 43.5 Å². The summed E-state index contributed by atoms with van der Waals surface area (Å²) in [6, 6.07) is 7.45. The van der Waals surface area contributed by atoms with Crippen molar-refractivity contribution in [3.63, 3.8) is 0 Å². The molecule has 0 atom stereocenters. The molecule has 0 aliphatic carbocycles. The molecule has 6 heteroatoms. The Balaban J connectivity index is 2.31. The van der Waals surface area contributed by atoms with Gasteiger partial charge in [-0.15, -0.1) is 0 Å². The summed E-state index contributed by atoms with van der Waals surface area (Å²) in [5.74, 6) is 0.581. The third-order valence-corrected chi connectivity index (χ3v) is 3.42. The maximum Gasteiger partial charge on any atom is 0.153 e. The lowest BCUT2D eigenvalue weighted by Gasteiger charge is -2.10. The number of rotatable bonds is 2. The van der Waals surface area contributed by atoms with Crippen LogP contribution in [0.25, 0.3) is 0 Å². The molecule has 88 valence electrons. The minimum Gasteiger partial charge on any atom is -0.396 e. The maximum atomic E-state index is 5.82. The van der Waals surface area contributed by atoms with Crippen LogP contribution in [0, 0.1) is 0 Å². The van der Waals surface area contributed by atoms with Crippen LogP contribution in [-0.4, -0.2) is 4.98 Å². The fraction of sp³-hybridized carbons (Fsp3) is 0. The number of pyridine rings is 1. The molecular formula is C11H8Br2ClN3. The molecule has 3 nitrogen and oxygen atoms in total. The fourth-order valence-electron chi connectivity index (χ4n) is 1.28. The number of hydrogen-bond donors (Lipinski definition) is 2. The number of hydrogen-bond acceptors (Lipinski definition) is 3. The zero-order valence-electron chi connectivity index (χ0n) is 8.55. The van der Waals surface area contributed by atoms with Crippen molar-refractivity contribution in [2.45, 2.75) is 0 Å². The molecule has 0 amide bonds. The van der Waals surface area contributed by atoms with Gasteiger partial charge in [-0.25, -0.2) is 4.98 Å². The monoisotopic (exact) mass is 375 g/mol. The van der Waals surface area contributed by atoms with Gasteiger partial charge in [0, 0.05) is 15.1 Å². The zero-order valence-corrected chi connectivity index (χ0v) is 12.5. The van der Waals surface area contributed by atoms with Gasteiger partial charge in [-0.05, 0) is 40.2 Å². The number of aromatic nitrogens is 1. The molecule has 0 saturated heterocycles. The van der Waals surface area contributed by atoms with Crippen molar-refractivity contribution in [2.24, 2.45) is 0 Å². The van der Waals surface area contributed by atoms with E-state index in [0.717, 1.165) is 14.6 Å². The molecule has 0 bridgehead atoms. The molecule has 2 aromatic rings. The van der Waals surface area contributed by atoms with Gasteiger partial charge in [0.1, 0.15) is 0 Å². The molecule has 1 aromatic heterocycles. The summed E-state index contributed by atoms with van der Waals surface area (Å²) in [4.78, 5) is 4.14. The van der Waals surface area contributed by atoms with Crippen LogP contribution in [0.2, 0.25) is 5.02 Å². The van der Waals surface area contributed by atoms with E-state index in [-0.39, 0.29) is 0 Å². The molecule has 1 aromatic carbocycles. The van der Waals surface area contributed by atoms with Crippen molar-refractivity contribution in [2.75, 3.05) is 11.1 Å². The highest BCUT2D eigenvalue weighted by molar-refractivity contribution is 9.11. The third kappa shape index (κ3) is 3.12. The first-order valence-corrected chi connectivity index (χ1v) is 6.66. The number of nitrogen functional groups attached to an aromatic ring is 1. The predicted molar refractivity (Wildman–Crippen MR) is 78.8 cm³/mol. The van der Waals surface area contributed by atoms with E-state index in [4.69, 9.17) is 17.3 Å². The lowest BCUT2D eigenvalue weighted by Crippen LogP contribution is -1.99. The van der Waals surface area contributed by atoms with E-state index in [9.17, 15) is 0 Å². The Hall–Kier alpha value is -0.780. The normalized spacial score (nSPS) is 10.3. The number of nitrogens with zero attached hydrogens (tertiary/aromatic N) is 1. The highest BCUT2D eigenvalue weighted by Crippen LogP contribution is 2.30. The maximum absolute atomic E-state index is 5.82. The highest BCUT2D eigenvalue weighted by atomic mass is 79.9. The SMILES string of the molecule is Nc1cc(Cl)cnc1Nc1ccc(Br)cc1Br. The molecule has 1 heterocycles. The second kappa shape index (κ2) is 5.25. The Morgan fingerprint density at radius 1 is 1.24 bits per heavy atom. The highest BCUT2D eigenvalue weighted by Gasteiger charge is 2.05. The summed E-state index contributed by atoms with van der Waals surface area (Å²) in [6.45, 7) is 0. The van der Waals surface area contributed by atoms with Gasteiger partial charge >= 0.3 is 0 Å². The van der Waals surface area contributed by atoms with E-state index in [0.29, 0.717) is 16.5 Å². The van der Waals surface area contributed by atoms with Crippen molar-refractivity contribution in [1.82, 2.24) is 4.98 Å². The first-order valence-electron chi connectivity index (χ1n) is 4.69. The predicted octanol–water partition coefficient (Wildman–Crippen LogP) is 4.59. The van der Waals surface area contributed by atoms with Crippen molar-refractivity contribution in [3.05, 3.63) is 44.4 Å². The van der Waals surface area contributed by atoms with E-state index >= 15 is 0 Å². The Morgan fingerprint density at radius 3 is 2.65 bits per heavy atom. The summed E-state index contributed by atoms with van der Waals surface area (Å²) < 4.78 is 1.91. The molecule has 0 saturated carbocycles. The Morgan fingerprint density at radius 2 is 2.00 bits per heavy atom. The Kier molecular flexibility index (Phi) is 3.91. The molecule has 0 radical (unpaired) electrons. The average Bonchev–Trinajstić information content (AvgIpc) is 2.25. The molecule has 3 N–H and O–H groups in total. The van der Waals surface area contributed by atoms with Crippen LogP contribution in [0.1, 0.15) is 0 Å². The standard InChI is InChI=1S/C11H8Br2ClN3/c12-6-1-2-10(8(13)3-6)17-11-9(15)4-7(14)5-16-11/h1-5H,15H2,(H,16,17). The van der Waals surface area contributed by atoms with Crippen LogP contribution in [0.5, 0.6) is 0 Å². The average molecular weight is 377 g/mol. The van der Waals surface area contributed by atoms with Crippen molar-refractivity contribution in [1.29, 1.82) is 0 Å². The van der Waals surface area contributed by atoms with Gasteiger partial charge in [-0.2, -0.15) is 0 Å². The number of halogens is 3. The van der Waals surface area contributed by atoms with Crippen LogP contribution in [0.15, 0.2) is 39.4 Å². The van der Waals surface area contributed by atoms with Gasteiger partial charge in [0.2, 0.25) is 0 Å². The molecule has 2 rings (SSSR count). The van der Waals surface area contributed by atoms with E-state index in [1.807, 2.05) is 18.2 Å². The molecule has 0 aliphatic rings. The lowest BCUT2D eigenvalue weighted by molar-refractivity contribution is 1.31. The van der Waals surface area contributed by atoms with Gasteiger partial charge in [0.25, 0.3) is 0 Å². The van der Waals surface area contributed by atoms with E-state index in [2.05, 4.69) is 42.2 Å². The molecule has 0 aliphatic heterocycles. The van der Waals surface area contributed by atoms with Gasteiger partial charge in [-0.1, -0.05) is 27.5 Å². The quantitative estimate of drug-likeness (QED) is 0.805. The van der Waals surface area contributed by atoms with Crippen LogP contribution < -0.4 is 11.1 Å².